The van der Waals surface area contributed by atoms with Crippen LogP contribution in [0, 0.1) is 0 Å². The standard InChI is InChI=1S/C13H30N2/c1-6-9-14-11-13(8-3)15(10-7-2)12(4)5/h12-14H,6-11H2,1-5H3. The molecular weight excluding hydrogens is 184 g/mol. The maximum Gasteiger partial charge on any atom is 0.0220 e. The molecule has 0 aromatic rings. The molecule has 0 spiro atoms. The van der Waals surface area contributed by atoms with Crippen LogP contribution in [0.2, 0.25) is 0 Å². The summed E-state index contributed by atoms with van der Waals surface area (Å²) in [5, 5.41) is 3.54. The van der Waals surface area contributed by atoms with Crippen LogP contribution in [0.15, 0.2) is 0 Å². The molecule has 2 heteroatoms. The lowest BCUT2D eigenvalue weighted by Gasteiger charge is -2.34. The van der Waals surface area contributed by atoms with Crippen molar-refractivity contribution in [1.82, 2.24) is 10.2 Å². The largest absolute Gasteiger partial charge is 0.315 e. The maximum absolute atomic E-state index is 3.54. The van der Waals surface area contributed by atoms with Crippen molar-refractivity contribution in [2.75, 3.05) is 19.6 Å². The summed E-state index contributed by atoms with van der Waals surface area (Å²) < 4.78 is 0. The first-order valence-corrected chi connectivity index (χ1v) is 6.63. The number of hydrogen-bond acceptors (Lipinski definition) is 2. The number of nitrogens with zero attached hydrogens (tertiary/aromatic N) is 1. The first-order chi connectivity index (χ1) is 7.17. The van der Waals surface area contributed by atoms with Crippen LogP contribution in [0.4, 0.5) is 0 Å². The molecule has 0 aliphatic heterocycles. The Morgan fingerprint density at radius 2 is 1.73 bits per heavy atom. The summed E-state index contributed by atoms with van der Waals surface area (Å²) in [6.07, 6.45) is 3.73. The van der Waals surface area contributed by atoms with E-state index in [1.165, 1.54) is 25.8 Å². The van der Waals surface area contributed by atoms with Crippen molar-refractivity contribution in [2.45, 2.75) is 66.0 Å². The van der Waals surface area contributed by atoms with E-state index >= 15 is 0 Å². The Morgan fingerprint density at radius 1 is 1.07 bits per heavy atom. The van der Waals surface area contributed by atoms with E-state index < -0.39 is 0 Å². The predicted molar refractivity (Wildman–Crippen MR) is 69.4 cm³/mol. The topological polar surface area (TPSA) is 15.3 Å². The fraction of sp³-hybridized carbons (Fsp3) is 1.00. The molecule has 0 saturated heterocycles. The van der Waals surface area contributed by atoms with E-state index in [1.807, 2.05) is 0 Å². The molecule has 1 atom stereocenters. The third-order valence-electron chi connectivity index (χ3n) is 2.89. The van der Waals surface area contributed by atoms with Gasteiger partial charge in [-0.25, -0.2) is 0 Å². The smallest absolute Gasteiger partial charge is 0.0220 e. The van der Waals surface area contributed by atoms with Gasteiger partial charge in [0.1, 0.15) is 0 Å². The molecule has 0 heterocycles. The van der Waals surface area contributed by atoms with Crippen molar-refractivity contribution in [1.29, 1.82) is 0 Å². The van der Waals surface area contributed by atoms with Crippen LogP contribution in [-0.2, 0) is 0 Å². The second kappa shape index (κ2) is 9.17. The van der Waals surface area contributed by atoms with E-state index in [0.717, 1.165) is 13.1 Å². The first kappa shape index (κ1) is 14.9. The van der Waals surface area contributed by atoms with Gasteiger partial charge in [0, 0.05) is 18.6 Å². The van der Waals surface area contributed by atoms with Gasteiger partial charge in [0.25, 0.3) is 0 Å². The van der Waals surface area contributed by atoms with Crippen LogP contribution in [-0.4, -0.2) is 36.6 Å². The van der Waals surface area contributed by atoms with Crippen LogP contribution in [0.5, 0.6) is 0 Å². The Hall–Kier alpha value is -0.0800. The Labute approximate surface area is 96.4 Å². The summed E-state index contributed by atoms with van der Waals surface area (Å²) in [5.74, 6) is 0. The maximum atomic E-state index is 3.54. The summed E-state index contributed by atoms with van der Waals surface area (Å²) in [7, 11) is 0. The van der Waals surface area contributed by atoms with E-state index in [2.05, 4.69) is 44.8 Å². The molecule has 0 aliphatic carbocycles. The van der Waals surface area contributed by atoms with Crippen LogP contribution >= 0.6 is 0 Å². The highest BCUT2D eigenvalue weighted by atomic mass is 15.2. The van der Waals surface area contributed by atoms with Crippen LogP contribution in [0.3, 0.4) is 0 Å². The van der Waals surface area contributed by atoms with Crippen molar-refractivity contribution in [3.63, 3.8) is 0 Å². The molecule has 0 aliphatic rings. The van der Waals surface area contributed by atoms with E-state index in [9.17, 15) is 0 Å². The third kappa shape index (κ3) is 6.16. The minimum atomic E-state index is 0.665. The molecule has 0 aromatic carbocycles. The van der Waals surface area contributed by atoms with Crippen molar-refractivity contribution in [3.8, 4) is 0 Å². The monoisotopic (exact) mass is 214 g/mol. The van der Waals surface area contributed by atoms with E-state index in [1.54, 1.807) is 0 Å². The number of nitrogens with one attached hydrogen (secondary N) is 1. The minimum absolute atomic E-state index is 0.665. The summed E-state index contributed by atoms with van der Waals surface area (Å²) in [6.45, 7) is 14.9. The predicted octanol–water partition coefficient (Wildman–Crippen LogP) is 2.89. The zero-order chi connectivity index (χ0) is 11.7. The van der Waals surface area contributed by atoms with Crippen molar-refractivity contribution in [3.05, 3.63) is 0 Å². The van der Waals surface area contributed by atoms with Gasteiger partial charge in [-0.15, -0.1) is 0 Å². The molecule has 0 rings (SSSR count). The number of hydrogen-bond donors (Lipinski definition) is 1. The second-order valence-electron chi connectivity index (χ2n) is 4.60. The molecule has 15 heavy (non-hydrogen) atoms. The lowest BCUT2D eigenvalue weighted by atomic mass is 10.1. The molecule has 0 fully saturated rings. The van der Waals surface area contributed by atoms with E-state index in [0.29, 0.717) is 12.1 Å². The van der Waals surface area contributed by atoms with Gasteiger partial charge in [0.15, 0.2) is 0 Å². The Kier molecular flexibility index (Phi) is 9.12. The molecule has 2 nitrogen and oxygen atoms in total. The Balaban J connectivity index is 4.06. The molecule has 0 saturated carbocycles. The molecule has 0 bridgehead atoms. The van der Waals surface area contributed by atoms with Gasteiger partial charge in [-0.1, -0.05) is 20.8 Å². The van der Waals surface area contributed by atoms with Crippen molar-refractivity contribution < 1.29 is 0 Å². The zero-order valence-electron chi connectivity index (χ0n) is 11.3. The van der Waals surface area contributed by atoms with Crippen LogP contribution in [0.25, 0.3) is 0 Å². The molecular formula is C13H30N2. The Bertz CT molecular complexity index is 134. The quantitative estimate of drug-likeness (QED) is 0.594. The summed E-state index contributed by atoms with van der Waals surface area (Å²) in [4.78, 5) is 2.63. The van der Waals surface area contributed by atoms with Gasteiger partial charge < -0.3 is 5.32 Å². The van der Waals surface area contributed by atoms with Crippen molar-refractivity contribution in [2.24, 2.45) is 0 Å². The normalized spacial score (nSPS) is 13.8. The van der Waals surface area contributed by atoms with Crippen LogP contribution < -0.4 is 5.32 Å². The highest BCUT2D eigenvalue weighted by molar-refractivity contribution is 4.75. The summed E-state index contributed by atoms with van der Waals surface area (Å²) in [5.41, 5.74) is 0. The van der Waals surface area contributed by atoms with Crippen molar-refractivity contribution >= 4 is 0 Å². The van der Waals surface area contributed by atoms with Gasteiger partial charge in [0.05, 0.1) is 0 Å². The molecule has 0 aromatic heterocycles. The van der Waals surface area contributed by atoms with Gasteiger partial charge in [-0.2, -0.15) is 0 Å². The third-order valence-corrected chi connectivity index (χ3v) is 2.89. The highest BCUT2D eigenvalue weighted by Crippen LogP contribution is 2.09. The highest BCUT2D eigenvalue weighted by Gasteiger charge is 2.17. The average Bonchev–Trinajstić information content (AvgIpc) is 2.22. The lowest BCUT2D eigenvalue weighted by Crippen LogP contribution is -2.46. The summed E-state index contributed by atoms with van der Waals surface area (Å²) in [6, 6.07) is 1.37. The SMILES string of the molecule is CCCNCC(CC)N(CCC)C(C)C. The molecule has 0 radical (unpaired) electrons. The molecule has 1 unspecified atom stereocenters. The van der Waals surface area contributed by atoms with E-state index in [-0.39, 0.29) is 0 Å². The average molecular weight is 214 g/mol. The summed E-state index contributed by atoms with van der Waals surface area (Å²) >= 11 is 0. The van der Waals surface area contributed by atoms with Crippen LogP contribution in [0.1, 0.15) is 53.9 Å². The zero-order valence-corrected chi connectivity index (χ0v) is 11.3. The first-order valence-electron chi connectivity index (χ1n) is 6.63. The van der Waals surface area contributed by atoms with Gasteiger partial charge in [0.2, 0.25) is 0 Å². The van der Waals surface area contributed by atoms with Gasteiger partial charge >= 0.3 is 0 Å². The number of rotatable bonds is 9. The lowest BCUT2D eigenvalue weighted by molar-refractivity contribution is 0.146. The Morgan fingerprint density at radius 3 is 2.13 bits per heavy atom. The second-order valence-corrected chi connectivity index (χ2v) is 4.60. The van der Waals surface area contributed by atoms with Gasteiger partial charge in [-0.05, 0) is 46.2 Å². The fourth-order valence-corrected chi connectivity index (χ4v) is 2.06. The van der Waals surface area contributed by atoms with Gasteiger partial charge in [-0.3, -0.25) is 4.90 Å². The minimum Gasteiger partial charge on any atom is -0.315 e. The van der Waals surface area contributed by atoms with E-state index in [4.69, 9.17) is 0 Å². The molecule has 0 amide bonds. The molecule has 1 N–H and O–H groups in total. The fourth-order valence-electron chi connectivity index (χ4n) is 2.06. The molecule has 92 valence electrons.